The van der Waals surface area contributed by atoms with E-state index in [1.54, 1.807) is 35.4 Å². The molecule has 6 rings (SSSR count). The second-order valence-corrected chi connectivity index (χ2v) is 9.32. The van der Waals surface area contributed by atoms with Gasteiger partial charge in [0.05, 0.1) is 16.4 Å². The molecule has 0 N–H and O–H groups in total. The lowest BCUT2D eigenvalue weighted by Gasteiger charge is -2.27. The summed E-state index contributed by atoms with van der Waals surface area (Å²) >= 11 is 12.4. The van der Waals surface area contributed by atoms with Crippen molar-refractivity contribution in [3.05, 3.63) is 107 Å². The van der Waals surface area contributed by atoms with Gasteiger partial charge in [-0.25, -0.2) is 14.4 Å². The quantitative estimate of drug-likeness (QED) is 0.288. The number of hydroxylamine groups is 1. The predicted octanol–water partition coefficient (Wildman–Crippen LogP) is 6.44. The van der Waals surface area contributed by atoms with Crippen LogP contribution in [0.15, 0.2) is 89.3 Å². The van der Waals surface area contributed by atoms with E-state index in [0.29, 0.717) is 32.8 Å². The summed E-state index contributed by atoms with van der Waals surface area (Å²) in [6, 6.07) is 22.2. The topological polar surface area (TPSA) is 63.0 Å². The summed E-state index contributed by atoms with van der Waals surface area (Å²) in [5, 5.41) is 2.45. The molecule has 0 bridgehead atoms. The number of anilines is 2. The monoisotopic (exact) mass is 522 g/mol. The van der Waals surface area contributed by atoms with Gasteiger partial charge in [-0.2, -0.15) is 0 Å². The van der Waals surface area contributed by atoms with Crippen molar-refractivity contribution < 1.29 is 23.2 Å². The summed E-state index contributed by atoms with van der Waals surface area (Å²) in [7, 11) is 0. The molecular formula is C27H17Cl2FN2O4. The Morgan fingerprint density at radius 2 is 1.56 bits per heavy atom. The number of nitrogens with zero attached hydrogens (tertiary/aromatic N) is 2. The highest BCUT2D eigenvalue weighted by molar-refractivity contribution is 6.36. The fraction of sp³-hybridized carbons (Fsp3) is 0.111. The maximum absolute atomic E-state index is 13.6. The number of furan rings is 1. The van der Waals surface area contributed by atoms with E-state index in [4.69, 9.17) is 32.5 Å². The molecule has 1 aromatic heterocycles. The van der Waals surface area contributed by atoms with Crippen LogP contribution in [0, 0.1) is 11.7 Å². The average molecular weight is 523 g/mol. The summed E-state index contributed by atoms with van der Waals surface area (Å²) < 4.78 is 19.7. The first-order valence-electron chi connectivity index (χ1n) is 11.1. The van der Waals surface area contributed by atoms with Crippen LogP contribution in [0.4, 0.5) is 15.8 Å². The Morgan fingerprint density at radius 1 is 0.806 bits per heavy atom. The van der Waals surface area contributed by atoms with E-state index in [9.17, 15) is 14.0 Å². The van der Waals surface area contributed by atoms with Gasteiger partial charge in [-0.1, -0.05) is 41.4 Å². The Labute approximate surface area is 215 Å². The maximum Gasteiger partial charge on any atom is 0.266 e. The second kappa shape index (κ2) is 8.78. The van der Waals surface area contributed by atoms with E-state index in [1.165, 1.54) is 24.3 Å². The number of fused-ring (bicyclic) bond motifs is 1. The van der Waals surface area contributed by atoms with Gasteiger partial charge in [0.25, 0.3) is 5.91 Å². The third kappa shape index (κ3) is 3.67. The number of halogens is 3. The van der Waals surface area contributed by atoms with Gasteiger partial charge in [-0.05, 0) is 66.7 Å². The van der Waals surface area contributed by atoms with Crippen LogP contribution in [0.1, 0.15) is 11.8 Å². The van der Waals surface area contributed by atoms with Crippen LogP contribution in [-0.4, -0.2) is 17.9 Å². The Bertz CT molecular complexity index is 1470. The van der Waals surface area contributed by atoms with E-state index in [1.807, 2.05) is 30.3 Å². The third-order valence-corrected chi connectivity index (χ3v) is 6.87. The minimum absolute atomic E-state index is 0.280. The van der Waals surface area contributed by atoms with Crippen molar-refractivity contribution in [1.29, 1.82) is 0 Å². The summed E-state index contributed by atoms with van der Waals surface area (Å²) in [4.78, 5) is 34.1. The molecule has 0 saturated carbocycles. The molecule has 2 aliphatic rings. The van der Waals surface area contributed by atoms with Gasteiger partial charge in [-0.3, -0.25) is 14.4 Å². The van der Waals surface area contributed by atoms with E-state index in [0.717, 1.165) is 4.90 Å². The van der Waals surface area contributed by atoms with Gasteiger partial charge in [0.2, 0.25) is 5.91 Å². The molecule has 2 fully saturated rings. The lowest BCUT2D eigenvalue weighted by atomic mass is 9.94. The van der Waals surface area contributed by atoms with Crippen LogP contribution in [0.5, 0.6) is 0 Å². The van der Waals surface area contributed by atoms with Crippen LogP contribution in [0.25, 0.3) is 11.3 Å². The number of amides is 2. The maximum atomic E-state index is 13.6. The van der Waals surface area contributed by atoms with Crippen molar-refractivity contribution >= 4 is 46.4 Å². The highest BCUT2D eigenvalue weighted by Gasteiger charge is 2.61. The van der Waals surface area contributed by atoms with Crippen LogP contribution in [0.3, 0.4) is 0 Å². The van der Waals surface area contributed by atoms with Gasteiger partial charge in [0, 0.05) is 10.6 Å². The zero-order chi connectivity index (χ0) is 25.0. The van der Waals surface area contributed by atoms with Crippen LogP contribution >= 0.6 is 23.2 Å². The van der Waals surface area contributed by atoms with Crippen molar-refractivity contribution in [2.75, 3.05) is 9.96 Å². The van der Waals surface area contributed by atoms with Gasteiger partial charge in [-0.15, -0.1) is 0 Å². The van der Waals surface area contributed by atoms with E-state index >= 15 is 0 Å². The molecule has 180 valence electrons. The van der Waals surface area contributed by atoms with Crippen LogP contribution in [-0.2, 0) is 14.4 Å². The average Bonchev–Trinajstić information content (AvgIpc) is 3.56. The van der Waals surface area contributed by atoms with Gasteiger partial charge in [0.1, 0.15) is 29.3 Å². The van der Waals surface area contributed by atoms with Crippen molar-refractivity contribution in [2.45, 2.75) is 12.1 Å². The Hall–Kier alpha value is -3.65. The van der Waals surface area contributed by atoms with Crippen molar-refractivity contribution in [2.24, 2.45) is 5.92 Å². The molecule has 2 aliphatic heterocycles. The van der Waals surface area contributed by atoms with E-state index in [-0.39, 0.29) is 5.69 Å². The standard InChI is InChI=1S/C27H17Cl2FN2O4/c28-15-6-11-19(20(29)14-15)21-12-13-22(35-21)24-23-25(36-32(24)18-4-2-1-3-5-18)27(34)31(26(23)33)17-9-7-16(30)8-10-17/h1-14,23-25H. The molecule has 3 atom stereocenters. The summed E-state index contributed by atoms with van der Waals surface area (Å²) in [6.45, 7) is 0. The molecule has 3 heterocycles. The Morgan fingerprint density at radius 3 is 2.28 bits per heavy atom. The fourth-order valence-corrected chi connectivity index (χ4v) is 5.19. The van der Waals surface area contributed by atoms with Gasteiger partial charge in [0.15, 0.2) is 6.10 Å². The summed E-state index contributed by atoms with van der Waals surface area (Å²) in [5.74, 6) is -1.42. The van der Waals surface area contributed by atoms with Crippen LogP contribution in [0.2, 0.25) is 10.0 Å². The molecule has 0 radical (unpaired) electrons. The van der Waals surface area contributed by atoms with E-state index in [2.05, 4.69) is 0 Å². The molecule has 0 aliphatic carbocycles. The Balaban J connectivity index is 1.42. The molecule has 3 unspecified atom stereocenters. The molecular weight excluding hydrogens is 506 g/mol. The van der Waals surface area contributed by atoms with Crippen LogP contribution < -0.4 is 9.96 Å². The molecule has 9 heteroatoms. The number of carbonyl (C=O) groups excluding carboxylic acids is 2. The third-order valence-electron chi connectivity index (χ3n) is 6.33. The molecule has 2 saturated heterocycles. The minimum atomic E-state index is -1.07. The lowest BCUT2D eigenvalue weighted by Crippen LogP contribution is -2.37. The molecule has 0 spiro atoms. The Kier molecular flexibility index (Phi) is 5.56. The molecule has 6 nitrogen and oxygen atoms in total. The SMILES string of the molecule is O=C1C2ON(c3ccccc3)C(c3ccc(-c4ccc(Cl)cc4Cl)o3)C2C(=O)N1c1ccc(F)cc1. The summed E-state index contributed by atoms with van der Waals surface area (Å²) in [6.07, 6.45) is -1.07. The number of carbonyl (C=O) groups is 2. The van der Waals surface area contributed by atoms with Gasteiger partial charge < -0.3 is 4.42 Å². The molecule has 4 aromatic rings. The fourth-order valence-electron chi connectivity index (χ4n) is 4.69. The number of hydrogen-bond acceptors (Lipinski definition) is 5. The van der Waals surface area contributed by atoms with Crippen molar-refractivity contribution in [3.8, 4) is 11.3 Å². The first-order chi connectivity index (χ1) is 17.4. The normalized spacial score (nSPS) is 21.4. The largest absolute Gasteiger partial charge is 0.459 e. The lowest BCUT2D eigenvalue weighted by molar-refractivity contribution is -0.126. The number of imide groups is 1. The summed E-state index contributed by atoms with van der Waals surface area (Å²) in [5.41, 5.74) is 1.58. The predicted molar refractivity (Wildman–Crippen MR) is 133 cm³/mol. The second-order valence-electron chi connectivity index (χ2n) is 8.47. The molecule has 36 heavy (non-hydrogen) atoms. The van der Waals surface area contributed by atoms with Gasteiger partial charge >= 0.3 is 0 Å². The number of rotatable bonds is 4. The van der Waals surface area contributed by atoms with Crippen molar-refractivity contribution in [1.82, 2.24) is 0 Å². The number of benzene rings is 3. The highest BCUT2D eigenvalue weighted by Crippen LogP contribution is 2.48. The first kappa shape index (κ1) is 22.8. The number of para-hydroxylation sites is 1. The smallest absolute Gasteiger partial charge is 0.266 e. The number of hydrogen-bond donors (Lipinski definition) is 0. The highest BCUT2D eigenvalue weighted by atomic mass is 35.5. The van der Waals surface area contributed by atoms with E-state index < -0.39 is 35.7 Å². The zero-order valence-electron chi connectivity index (χ0n) is 18.5. The van der Waals surface area contributed by atoms with Crippen molar-refractivity contribution in [3.63, 3.8) is 0 Å². The zero-order valence-corrected chi connectivity index (χ0v) is 20.0. The molecule has 2 amide bonds. The minimum Gasteiger partial charge on any atom is -0.459 e. The first-order valence-corrected chi connectivity index (χ1v) is 11.9. The molecule has 3 aromatic carbocycles.